The van der Waals surface area contributed by atoms with E-state index in [4.69, 9.17) is 9.47 Å². The Morgan fingerprint density at radius 1 is 1.04 bits per heavy atom. The highest BCUT2D eigenvalue weighted by Gasteiger charge is 2.15. The SMILES string of the molecule is CCc1cccc(OC(C)C(=O)Nc2ccc(C(=O)OCC(C)C)cc2)c1. The summed E-state index contributed by atoms with van der Waals surface area (Å²) in [6, 6.07) is 14.3. The summed E-state index contributed by atoms with van der Waals surface area (Å²) in [7, 11) is 0. The van der Waals surface area contributed by atoms with Crippen LogP contribution in [0.2, 0.25) is 0 Å². The minimum atomic E-state index is -0.646. The summed E-state index contributed by atoms with van der Waals surface area (Å²) < 4.78 is 10.9. The van der Waals surface area contributed by atoms with Crippen LogP contribution in [0, 0.1) is 5.92 Å². The van der Waals surface area contributed by atoms with Crippen LogP contribution in [0.15, 0.2) is 48.5 Å². The normalized spacial score (nSPS) is 11.7. The molecule has 0 aliphatic heterocycles. The Hall–Kier alpha value is -2.82. The van der Waals surface area contributed by atoms with E-state index < -0.39 is 6.10 Å². The minimum Gasteiger partial charge on any atom is -0.481 e. The first-order chi connectivity index (χ1) is 12.9. The number of hydrogen-bond acceptors (Lipinski definition) is 4. The lowest BCUT2D eigenvalue weighted by atomic mass is 10.1. The highest BCUT2D eigenvalue weighted by Crippen LogP contribution is 2.17. The summed E-state index contributed by atoms with van der Waals surface area (Å²) in [5.74, 6) is 0.327. The van der Waals surface area contributed by atoms with E-state index in [9.17, 15) is 9.59 Å². The third-order valence-corrected chi connectivity index (χ3v) is 3.92. The Kier molecular flexibility index (Phi) is 7.41. The number of carbonyl (C=O) groups excluding carboxylic acids is 2. The molecular weight excluding hydrogens is 342 g/mol. The van der Waals surface area contributed by atoms with Gasteiger partial charge in [0, 0.05) is 5.69 Å². The van der Waals surface area contributed by atoms with Crippen molar-refractivity contribution in [2.45, 2.75) is 40.2 Å². The molecule has 0 spiro atoms. The van der Waals surface area contributed by atoms with Crippen molar-refractivity contribution in [2.75, 3.05) is 11.9 Å². The second-order valence-corrected chi connectivity index (χ2v) is 6.82. The van der Waals surface area contributed by atoms with E-state index in [0.717, 1.165) is 12.0 Å². The van der Waals surface area contributed by atoms with Crippen molar-refractivity contribution in [1.29, 1.82) is 0 Å². The summed E-state index contributed by atoms with van der Waals surface area (Å²) in [4.78, 5) is 24.3. The van der Waals surface area contributed by atoms with Gasteiger partial charge in [0.15, 0.2) is 6.10 Å². The zero-order valence-corrected chi connectivity index (χ0v) is 16.3. The lowest BCUT2D eigenvalue weighted by Crippen LogP contribution is -2.30. The lowest BCUT2D eigenvalue weighted by molar-refractivity contribution is -0.122. The highest BCUT2D eigenvalue weighted by atomic mass is 16.5. The summed E-state index contributed by atoms with van der Waals surface area (Å²) in [5.41, 5.74) is 2.20. The van der Waals surface area contributed by atoms with Gasteiger partial charge in [0.25, 0.3) is 5.91 Å². The zero-order chi connectivity index (χ0) is 19.8. The maximum absolute atomic E-state index is 12.3. The fraction of sp³-hybridized carbons (Fsp3) is 0.364. The van der Waals surface area contributed by atoms with Crippen molar-refractivity contribution in [1.82, 2.24) is 0 Å². The van der Waals surface area contributed by atoms with Gasteiger partial charge in [-0.3, -0.25) is 4.79 Å². The fourth-order valence-electron chi connectivity index (χ4n) is 2.36. The molecule has 2 aromatic carbocycles. The Morgan fingerprint density at radius 2 is 1.74 bits per heavy atom. The van der Waals surface area contributed by atoms with Gasteiger partial charge >= 0.3 is 5.97 Å². The van der Waals surface area contributed by atoms with E-state index in [-0.39, 0.29) is 17.8 Å². The fourth-order valence-corrected chi connectivity index (χ4v) is 2.36. The Balaban J connectivity index is 1.91. The molecule has 0 heterocycles. The molecule has 0 saturated heterocycles. The number of esters is 1. The van der Waals surface area contributed by atoms with Gasteiger partial charge in [-0.05, 0) is 61.2 Å². The third kappa shape index (κ3) is 6.44. The molecule has 5 nitrogen and oxygen atoms in total. The van der Waals surface area contributed by atoms with Crippen LogP contribution >= 0.6 is 0 Å². The van der Waals surface area contributed by atoms with Crippen molar-refractivity contribution in [2.24, 2.45) is 5.92 Å². The topological polar surface area (TPSA) is 64.6 Å². The number of amides is 1. The maximum atomic E-state index is 12.3. The predicted molar refractivity (Wildman–Crippen MR) is 106 cm³/mol. The van der Waals surface area contributed by atoms with Gasteiger partial charge in [0.1, 0.15) is 5.75 Å². The lowest BCUT2D eigenvalue weighted by Gasteiger charge is -2.15. The van der Waals surface area contributed by atoms with Crippen molar-refractivity contribution in [3.8, 4) is 5.75 Å². The molecule has 1 amide bonds. The number of benzene rings is 2. The average molecular weight is 369 g/mol. The molecule has 2 rings (SSSR count). The third-order valence-electron chi connectivity index (χ3n) is 3.92. The highest BCUT2D eigenvalue weighted by molar-refractivity contribution is 5.95. The second-order valence-electron chi connectivity index (χ2n) is 6.82. The van der Waals surface area contributed by atoms with Gasteiger partial charge in [-0.1, -0.05) is 32.9 Å². The molecule has 0 aromatic heterocycles. The molecule has 0 radical (unpaired) electrons. The number of rotatable bonds is 8. The monoisotopic (exact) mass is 369 g/mol. The molecule has 0 aliphatic rings. The van der Waals surface area contributed by atoms with E-state index in [1.165, 1.54) is 0 Å². The van der Waals surface area contributed by atoms with E-state index in [1.807, 2.05) is 38.1 Å². The molecule has 2 aromatic rings. The van der Waals surface area contributed by atoms with Crippen molar-refractivity contribution < 1.29 is 19.1 Å². The van der Waals surface area contributed by atoms with Gasteiger partial charge in [-0.25, -0.2) is 4.79 Å². The van der Waals surface area contributed by atoms with Crippen LogP contribution in [0.1, 0.15) is 43.6 Å². The first-order valence-electron chi connectivity index (χ1n) is 9.22. The first kappa shape index (κ1) is 20.5. The van der Waals surface area contributed by atoms with Gasteiger partial charge in [0.05, 0.1) is 12.2 Å². The Bertz CT molecular complexity index is 768. The average Bonchev–Trinajstić information content (AvgIpc) is 2.66. The smallest absolute Gasteiger partial charge is 0.338 e. The molecule has 1 unspecified atom stereocenters. The summed E-state index contributed by atoms with van der Waals surface area (Å²) >= 11 is 0. The number of aryl methyl sites for hydroxylation is 1. The van der Waals surface area contributed by atoms with Crippen molar-refractivity contribution in [3.63, 3.8) is 0 Å². The van der Waals surface area contributed by atoms with Crippen LogP contribution < -0.4 is 10.1 Å². The second kappa shape index (κ2) is 9.76. The van der Waals surface area contributed by atoms with Crippen LogP contribution in [-0.4, -0.2) is 24.6 Å². The van der Waals surface area contributed by atoms with E-state index in [0.29, 0.717) is 23.6 Å². The maximum Gasteiger partial charge on any atom is 0.338 e. The van der Waals surface area contributed by atoms with Gasteiger partial charge in [0.2, 0.25) is 0 Å². The molecule has 0 bridgehead atoms. The minimum absolute atomic E-state index is 0.257. The summed E-state index contributed by atoms with van der Waals surface area (Å²) in [5, 5.41) is 2.79. The van der Waals surface area contributed by atoms with Gasteiger partial charge in [-0.15, -0.1) is 0 Å². The Morgan fingerprint density at radius 3 is 2.37 bits per heavy atom. The van der Waals surface area contributed by atoms with Gasteiger partial charge in [-0.2, -0.15) is 0 Å². The molecular formula is C22H27NO4. The quantitative estimate of drug-likeness (QED) is 0.698. The summed E-state index contributed by atoms with van der Waals surface area (Å²) in [6.07, 6.45) is 0.261. The van der Waals surface area contributed by atoms with E-state index in [1.54, 1.807) is 31.2 Å². The van der Waals surface area contributed by atoms with Crippen LogP contribution in [0.4, 0.5) is 5.69 Å². The largest absolute Gasteiger partial charge is 0.481 e. The molecule has 0 fully saturated rings. The number of hydrogen-bond donors (Lipinski definition) is 1. The number of ether oxygens (including phenoxy) is 2. The van der Waals surface area contributed by atoms with Crippen LogP contribution in [0.25, 0.3) is 0 Å². The standard InChI is InChI=1S/C22H27NO4/c1-5-17-7-6-8-20(13-17)27-16(4)21(24)23-19-11-9-18(10-12-19)22(25)26-14-15(2)3/h6-13,15-16H,5,14H2,1-4H3,(H,23,24). The molecule has 144 valence electrons. The molecule has 0 saturated carbocycles. The number of carbonyl (C=O) groups is 2. The Labute approximate surface area is 160 Å². The zero-order valence-electron chi connectivity index (χ0n) is 16.3. The number of nitrogens with one attached hydrogen (secondary N) is 1. The van der Waals surface area contributed by atoms with E-state index in [2.05, 4.69) is 12.2 Å². The first-order valence-corrected chi connectivity index (χ1v) is 9.22. The molecule has 27 heavy (non-hydrogen) atoms. The van der Waals surface area contributed by atoms with Crippen LogP contribution in [-0.2, 0) is 16.0 Å². The van der Waals surface area contributed by atoms with Crippen LogP contribution in [0.5, 0.6) is 5.75 Å². The van der Waals surface area contributed by atoms with Crippen molar-refractivity contribution in [3.05, 3.63) is 59.7 Å². The molecule has 1 atom stereocenters. The summed E-state index contributed by atoms with van der Waals surface area (Å²) in [6.45, 7) is 8.11. The van der Waals surface area contributed by atoms with Crippen molar-refractivity contribution >= 4 is 17.6 Å². The van der Waals surface area contributed by atoms with Gasteiger partial charge < -0.3 is 14.8 Å². The number of anilines is 1. The van der Waals surface area contributed by atoms with E-state index >= 15 is 0 Å². The molecule has 1 N–H and O–H groups in total. The predicted octanol–water partition coefficient (Wildman–Crippen LogP) is 4.47. The molecule has 0 aliphatic carbocycles. The molecule has 5 heteroatoms. The van der Waals surface area contributed by atoms with Crippen LogP contribution in [0.3, 0.4) is 0 Å².